The SMILES string of the molecule is O=C(Nc1n[nH]c(C(F)(F)F)n1)[C@@H]1CC(=O)N(c2ccccc2)C1. The molecule has 1 aliphatic heterocycles. The van der Waals surface area contributed by atoms with Gasteiger partial charge in [0.25, 0.3) is 0 Å². The van der Waals surface area contributed by atoms with Gasteiger partial charge in [0.1, 0.15) is 0 Å². The second-order valence-electron chi connectivity index (χ2n) is 5.24. The lowest BCUT2D eigenvalue weighted by atomic mass is 10.1. The molecule has 0 unspecified atom stereocenters. The van der Waals surface area contributed by atoms with Crippen molar-refractivity contribution in [3.05, 3.63) is 36.2 Å². The standard InChI is InChI=1S/C14H12F3N5O2/c15-14(16,17)12-19-13(21-20-12)18-11(24)8-6-10(23)22(7-8)9-4-2-1-3-5-9/h1-5,8H,6-7H2,(H2,18,19,20,21,24)/t8-/m1/s1. The molecule has 24 heavy (non-hydrogen) atoms. The van der Waals surface area contributed by atoms with E-state index in [4.69, 9.17) is 0 Å². The lowest BCUT2D eigenvalue weighted by Gasteiger charge is -2.16. The lowest BCUT2D eigenvalue weighted by molar-refractivity contribution is -0.144. The second kappa shape index (κ2) is 5.95. The van der Waals surface area contributed by atoms with Gasteiger partial charge in [-0.15, -0.1) is 5.10 Å². The van der Waals surface area contributed by atoms with Gasteiger partial charge in [-0.05, 0) is 12.1 Å². The van der Waals surface area contributed by atoms with Crippen molar-refractivity contribution in [2.45, 2.75) is 12.6 Å². The third-order valence-corrected chi connectivity index (χ3v) is 3.55. The highest BCUT2D eigenvalue weighted by Gasteiger charge is 2.37. The van der Waals surface area contributed by atoms with Gasteiger partial charge in [0, 0.05) is 18.7 Å². The van der Waals surface area contributed by atoms with Gasteiger partial charge in [-0.1, -0.05) is 18.2 Å². The van der Waals surface area contributed by atoms with Crippen molar-refractivity contribution in [3.8, 4) is 0 Å². The van der Waals surface area contributed by atoms with Gasteiger partial charge in [-0.3, -0.25) is 20.0 Å². The molecule has 1 saturated heterocycles. The number of carbonyl (C=O) groups is 2. The molecule has 10 heteroatoms. The third kappa shape index (κ3) is 3.21. The van der Waals surface area contributed by atoms with E-state index >= 15 is 0 Å². The Morgan fingerprint density at radius 1 is 1.29 bits per heavy atom. The Labute approximate surface area is 133 Å². The number of rotatable bonds is 3. The average Bonchev–Trinajstić information content (AvgIpc) is 3.14. The number of aromatic nitrogens is 3. The first kappa shape index (κ1) is 16.0. The van der Waals surface area contributed by atoms with Crippen molar-refractivity contribution in [2.75, 3.05) is 16.8 Å². The van der Waals surface area contributed by atoms with Crippen LogP contribution in [0.4, 0.5) is 24.8 Å². The van der Waals surface area contributed by atoms with Crippen LogP contribution in [0.1, 0.15) is 12.2 Å². The number of carbonyl (C=O) groups excluding carboxylic acids is 2. The van der Waals surface area contributed by atoms with Crippen LogP contribution in [0.5, 0.6) is 0 Å². The van der Waals surface area contributed by atoms with Gasteiger partial charge >= 0.3 is 6.18 Å². The Morgan fingerprint density at radius 2 is 2.00 bits per heavy atom. The highest BCUT2D eigenvalue weighted by Crippen LogP contribution is 2.27. The molecule has 2 heterocycles. The summed E-state index contributed by atoms with van der Waals surface area (Å²) in [7, 11) is 0. The van der Waals surface area contributed by atoms with Crippen molar-refractivity contribution in [3.63, 3.8) is 0 Å². The van der Waals surface area contributed by atoms with E-state index in [-0.39, 0.29) is 18.9 Å². The molecular weight excluding hydrogens is 327 g/mol. The second-order valence-corrected chi connectivity index (χ2v) is 5.24. The molecule has 2 aromatic rings. The summed E-state index contributed by atoms with van der Waals surface area (Å²) < 4.78 is 37.3. The molecule has 126 valence electrons. The Kier molecular flexibility index (Phi) is 3.96. The van der Waals surface area contributed by atoms with E-state index in [1.54, 1.807) is 35.4 Å². The zero-order valence-electron chi connectivity index (χ0n) is 12.2. The molecule has 1 aromatic carbocycles. The average molecular weight is 339 g/mol. The molecule has 7 nitrogen and oxygen atoms in total. The molecule has 2 N–H and O–H groups in total. The first-order valence-corrected chi connectivity index (χ1v) is 7.00. The molecule has 1 atom stereocenters. The quantitative estimate of drug-likeness (QED) is 0.892. The molecule has 0 spiro atoms. The molecule has 0 radical (unpaired) electrons. The van der Waals surface area contributed by atoms with Crippen LogP contribution in [0.15, 0.2) is 30.3 Å². The zero-order chi connectivity index (χ0) is 17.3. The number of halogens is 3. The van der Waals surface area contributed by atoms with Crippen molar-refractivity contribution in [1.82, 2.24) is 15.2 Å². The topological polar surface area (TPSA) is 91.0 Å². The van der Waals surface area contributed by atoms with Crippen LogP contribution in [0.2, 0.25) is 0 Å². The number of hydrogen-bond donors (Lipinski definition) is 2. The Hall–Kier alpha value is -2.91. The Bertz CT molecular complexity index is 759. The fourth-order valence-corrected chi connectivity index (χ4v) is 2.40. The lowest BCUT2D eigenvalue weighted by Crippen LogP contribution is -2.28. The van der Waals surface area contributed by atoms with Gasteiger partial charge in [0.05, 0.1) is 5.92 Å². The van der Waals surface area contributed by atoms with Gasteiger partial charge in [0.2, 0.25) is 23.6 Å². The summed E-state index contributed by atoms with van der Waals surface area (Å²) in [6.07, 6.45) is -4.71. The molecule has 1 aliphatic rings. The number of nitrogens with one attached hydrogen (secondary N) is 2. The number of benzene rings is 1. The molecule has 3 rings (SSSR count). The number of alkyl halides is 3. The predicted octanol–water partition coefficient (Wildman–Crippen LogP) is 1.82. The monoisotopic (exact) mass is 339 g/mol. The van der Waals surface area contributed by atoms with Crippen molar-refractivity contribution in [2.24, 2.45) is 5.92 Å². The van der Waals surface area contributed by atoms with Crippen molar-refractivity contribution < 1.29 is 22.8 Å². The fraction of sp³-hybridized carbons (Fsp3) is 0.286. The maximum atomic E-state index is 12.4. The van der Waals surface area contributed by atoms with Gasteiger partial charge in [0.15, 0.2) is 0 Å². The number of para-hydroxylation sites is 1. The Balaban J connectivity index is 1.66. The van der Waals surface area contributed by atoms with Crippen LogP contribution in [0.3, 0.4) is 0 Å². The fourth-order valence-electron chi connectivity index (χ4n) is 2.40. The summed E-state index contributed by atoms with van der Waals surface area (Å²) in [6.45, 7) is 0.144. The molecular formula is C14H12F3N5O2. The van der Waals surface area contributed by atoms with E-state index in [1.165, 1.54) is 4.90 Å². The number of anilines is 2. The van der Waals surface area contributed by atoms with Gasteiger partial charge in [-0.2, -0.15) is 18.2 Å². The summed E-state index contributed by atoms with van der Waals surface area (Å²) in [5.74, 6) is -3.29. The van der Waals surface area contributed by atoms with Gasteiger partial charge in [-0.25, -0.2) is 0 Å². The minimum absolute atomic E-state index is 0.0305. The van der Waals surface area contributed by atoms with Crippen LogP contribution in [-0.4, -0.2) is 33.5 Å². The number of nitrogens with zero attached hydrogens (tertiary/aromatic N) is 3. The smallest absolute Gasteiger partial charge is 0.312 e. The molecule has 0 aliphatic carbocycles. The van der Waals surface area contributed by atoms with Crippen molar-refractivity contribution in [1.29, 1.82) is 0 Å². The first-order chi connectivity index (χ1) is 11.3. The maximum absolute atomic E-state index is 12.4. The highest BCUT2D eigenvalue weighted by atomic mass is 19.4. The predicted molar refractivity (Wildman–Crippen MR) is 76.9 cm³/mol. The van der Waals surface area contributed by atoms with E-state index in [1.807, 2.05) is 0 Å². The highest BCUT2D eigenvalue weighted by molar-refractivity contribution is 6.03. The summed E-state index contributed by atoms with van der Waals surface area (Å²) in [5.41, 5.74) is 0.662. The molecule has 0 bridgehead atoms. The summed E-state index contributed by atoms with van der Waals surface area (Å²) in [6, 6.07) is 8.81. The van der Waals surface area contributed by atoms with Crippen LogP contribution in [0, 0.1) is 5.92 Å². The normalized spacial score (nSPS) is 18.0. The first-order valence-electron chi connectivity index (χ1n) is 7.00. The van der Waals surface area contributed by atoms with E-state index in [9.17, 15) is 22.8 Å². The van der Waals surface area contributed by atoms with E-state index in [0.717, 1.165) is 0 Å². The molecule has 0 saturated carbocycles. The summed E-state index contributed by atoms with van der Waals surface area (Å²) in [5, 5.41) is 7.21. The Morgan fingerprint density at radius 3 is 2.62 bits per heavy atom. The molecule has 2 amide bonds. The minimum Gasteiger partial charge on any atom is -0.312 e. The van der Waals surface area contributed by atoms with Crippen LogP contribution < -0.4 is 10.2 Å². The van der Waals surface area contributed by atoms with E-state index in [0.29, 0.717) is 5.69 Å². The van der Waals surface area contributed by atoms with E-state index < -0.39 is 29.8 Å². The summed E-state index contributed by atoms with van der Waals surface area (Å²) in [4.78, 5) is 28.8. The number of hydrogen-bond acceptors (Lipinski definition) is 4. The zero-order valence-corrected chi connectivity index (χ0v) is 12.2. The maximum Gasteiger partial charge on any atom is 0.451 e. The number of H-pyrrole nitrogens is 1. The third-order valence-electron chi connectivity index (χ3n) is 3.55. The van der Waals surface area contributed by atoms with Crippen LogP contribution in [-0.2, 0) is 15.8 Å². The molecule has 1 fully saturated rings. The molecule has 1 aromatic heterocycles. The van der Waals surface area contributed by atoms with Gasteiger partial charge < -0.3 is 4.90 Å². The number of aromatic amines is 1. The largest absolute Gasteiger partial charge is 0.451 e. The van der Waals surface area contributed by atoms with Crippen LogP contribution in [0.25, 0.3) is 0 Å². The minimum atomic E-state index is -4.68. The van der Waals surface area contributed by atoms with Crippen LogP contribution >= 0.6 is 0 Å². The number of amides is 2. The van der Waals surface area contributed by atoms with E-state index in [2.05, 4.69) is 15.4 Å². The van der Waals surface area contributed by atoms with Crippen molar-refractivity contribution >= 4 is 23.5 Å². The summed E-state index contributed by atoms with van der Waals surface area (Å²) >= 11 is 0.